The summed E-state index contributed by atoms with van der Waals surface area (Å²) in [4.78, 5) is 23.2. The third kappa shape index (κ3) is 3.67. The minimum Gasteiger partial charge on any atom is -0.480 e. The van der Waals surface area contributed by atoms with Gasteiger partial charge in [0.25, 0.3) is 0 Å². The molecule has 7 nitrogen and oxygen atoms in total. The number of hydrogen-bond donors (Lipinski definition) is 3. The van der Waals surface area contributed by atoms with Crippen molar-refractivity contribution in [3.8, 4) is 0 Å². The van der Waals surface area contributed by atoms with E-state index in [2.05, 4.69) is 5.43 Å². The van der Waals surface area contributed by atoms with Gasteiger partial charge in [0.15, 0.2) is 20.9 Å². The number of aliphatic carboxylic acids is 1. The number of nitrogens with one attached hydrogen (secondary N) is 1. The average Bonchev–Trinajstić information content (AvgIpc) is 2.59. The highest BCUT2D eigenvalue weighted by Crippen LogP contribution is 2.18. The molecule has 8 heteroatoms. The highest BCUT2D eigenvalue weighted by atomic mass is 32.2. The summed E-state index contributed by atoms with van der Waals surface area (Å²) in [7, 11) is -4.12. The molecule has 0 heterocycles. The van der Waals surface area contributed by atoms with E-state index in [1.165, 1.54) is 24.3 Å². The van der Waals surface area contributed by atoms with Crippen LogP contribution in [0.25, 0.3) is 0 Å². The highest BCUT2D eigenvalue weighted by molar-refractivity contribution is 7.92. The highest BCUT2D eigenvalue weighted by Gasteiger charge is 2.33. The summed E-state index contributed by atoms with van der Waals surface area (Å²) in [6.07, 6.45) is 0. The molecule has 0 aromatic heterocycles. The van der Waals surface area contributed by atoms with Crippen molar-refractivity contribution in [2.24, 2.45) is 5.84 Å². The molecule has 0 unspecified atom stereocenters. The Hall–Kier alpha value is -2.55. The second kappa shape index (κ2) is 7.35. The van der Waals surface area contributed by atoms with Crippen LogP contribution in [0.1, 0.15) is 15.9 Å². The molecule has 0 radical (unpaired) electrons. The number of hydrogen-bond acceptors (Lipinski definition) is 6. The van der Waals surface area contributed by atoms with Crippen LogP contribution in [0.4, 0.5) is 0 Å². The normalized spacial score (nSPS) is 12.5. The molecule has 0 fully saturated rings. The minimum absolute atomic E-state index is 0.185. The fourth-order valence-corrected chi connectivity index (χ4v) is 3.58. The third-order valence-electron chi connectivity index (χ3n) is 3.43. The summed E-state index contributed by atoms with van der Waals surface area (Å²) in [6, 6.07) is 13.7. The molecule has 0 saturated carbocycles. The number of carbonyl (C=O) groups is 2. The van der Waals surface area contributed by atoms with Gasteiger partial charge in [0, 0.05) is 17.7 Å². The molecule has 126 valence electrons. The molecule has 1 atom stereocenters. The molecule has 2 aromatic rings. The first-order chi connectivity index (χ1) is 11.4. The smallest absolute Gasteiger partial charge is 0.323 e. The average molecular weight is 348 g/mol. The Labute approximate surface area is 139 Å². The fourth-order valence-electron chi connectivity index (χ4n) is 2.15. The number of carbonyl (C=O) groups excluding carboxylic acids is 1. The van der Waals surface area contributed by atoms with Gasteiger partial charge in [0.2, 0.25) is 0 Å². The SMILES string of the molecule is NNC[C@@H](C(=O)O)S(=O)(=O)c1ccc(C(=O)c2ccccc2)cc1. The third-order valence-corrected chi connectivity index (χ3v) is 5.48. The molecule has 0 aliphatic heterocycles. The molecule has 0 spiro atoms. The van der Waals surface area contributed by atoms with Crippen molar-refractivity contribution in [2.75, 3.05) is 6.54 Å². The first-order valence-electron chi connectivity index (χ1n) is 6.98. The van der Waals surface area contributed by atoms with E-state index in [9.17, 15) is 18.0 Å². The van der Waals surface area contributed by atoms with Gasteiger partial charge in [-0.3, -0.25) is 20.9 Å². The van der Waals surface area contributed by atoms with Crippen LogP contribution in [0, 0.1) is 0 Å². The topological polar surface area (TPSA) is 127 Å². The maximum Gasteiger partial charge on any atom is 0.323 e. The number of benzene rings is 2. The van der Waals surface area contributed by atoms with E-state index in [-0.39, 0.29) is 10.7 Å². The van der Waals surface area contributed by atoms with Crippen LogP contribution in [0.2, 0.25) is 0 Å². The fraction of sp³-hybridized carbons (Fsp3) is 0.125. The molecular formula is C16H16N2O5S. The summed E-state index contributed by atoms with van der Waals surface area (Å²) in [5.74, 6) is 3.29. The van der Waals surface area contributed by atoms with Gasteiger partial charge in [-0.25, -0.2) is 8.42 Å². The van der Waals surface area contributed by atoms with Gasteiger partial charge < -0.3 is 5.11 Å². The second-order valence-electron chi connectivity index (χ2n) is 5.00. The maximum atomic E-state index is 12.4. The first-order valence-corrected chi connectivity index (χ1v) is 8.52. The quantitative estimate of drug-likeness (QED) is 0.380. The zero-order valence-corrected chi connectivity index (χ0v) is 13.4. The van der Waals surface area contributed by atoms with Gasteiger partial charge >= 0.3 is 5.97 Å². The van der Waals surface area contributed by atoms with E-state index in [0.717, 1.165) is 0 Å². The van der Waals surface area contributed by atoms with Gasteiger partial charge in [-0.15, -0.1) is 0 Å². The van der Waals surface area contributed by atoms with Crippen molar-refractivity contribution in [3.05, 3.63) is 65.7 Å². The minimum atomic E-state index is -4.12. The number of carboxylic acids is 1. The molecule has 2 rings (SSSR count). The van der Waals surface area contributed by atoms with Gasteiger partial charge in [0.05, 0.1) is 4.90 Å². The molecule has 0 aliphatic carbocycles. The molecule has 2 aromatic carbocycles. The maximum absolute atomic E-state index is 12.4. The molecule has 0 bridgehead atoms. The van der Waals surface area contributed by atoms with Crippen LogP contribution < -0.4 is 11.3 Å². The Kier molecular flexibility index (Phi) is 5.45. The van der Waals surface area contributed by atoms with Crippen LogP contribution in [0.3, 0.4) is 0 Å². The molecule has 4 N–H and O–H groups in total. The predicted molar refractivity (Wildman–Crippen MR) is 87.1 cm³/mol. The van der Waals surface area contributed by atoms with E-state index in [1.807, 2.05) is 0 Å². The summed E-state index contributed by atoms with van der Waals surface area (Å²) in [6.45, 7) is -0.428. The van der Waals surface area contributed by atoms with Gasteiger partial charge in [-0.2, -0.15) is 0 Å². The van der Waals surface area contributed by atoms with Crippen LogP contribution in [0.5, 0.6) is 0 Å². The Morgan fingerprint density at radius 3 is 2.04 bits per heavy atom. The van der Waals surface area contributed by atoms with Crippen LogP contribution >= 0.6 is 0 Å². The monoisotopic (exact) mass is 348 g/mol. The molecule has 24 heavy (non-hydrogen) atoms. The van der Waals surface area contributed by atoms with E-state index in [4.69, 9.17) is 10.9 Å². The lowest BCUT2D eigenvalue weighted by atomic mass is 10.0. The zero-order chi connectivity index (χ0) is 17.7. The van der Waals surface area contributed by atoms with E-state index < -0.39 is 27.6 Å². The number of nitrogens with two attached hydrogens (primary N) is 1. The first kappa shape index (κ1) is 17.8. The van der Waals surface area contributed by atoms with E-state index in [1.54, 1.807) is 30.3 Å². The lowest BCUT2D eigenvalue weighted by Gasteiger charge is -2.13. The van der Waals surface area contributed by atoms with Gasteiger partial charge in [-0.05, 0) is 24.3 Å². The van der Waals surface area contributed by atoms with Crippen LogP contribution in [-0.2, 0) is 14.6 Å². The standard InChI is InChI=1S/C16H16N2O5S/c17-18-10-14(16(20)21)24(22,23)13-8-6-12(7-9-13)15(19)11-4-2-1-3-5-11/h1-9,14,18H,10,17H2,(H,20,21)/t14-/m0/s1. The van der Waals surface area contributed by atoms with Crippen molar-refractivity contribution in [1.82, 2.24) is 5.43 Å². The zero-order valence-electron chi connectivity index (χ0n) is 12.5. The van der Waals surface area contributed by atoms with Crippen molar-refractivity contribution in [1.29, 1.82) is 0 Å². The number of sulfone groups is 1. The number of rotatable bonds is 7. The Bertz CT molecular complexity index is 833. The van der Waals surface area contributed by atoms with Crippen molar-refractivity contribution >= 4 is 21.6 Å². The summed E-state index contributed by atoms with van der Waals surface area (Å²) in [5.41, 5.74) is 2.85. The Morgan fingerprint density at radius 1 is 1.00 bits per heavy atom. The number of hydrazine groups is 1. The summed E-state index contributed by atoms with van der Waals surface area (Å²) >= 11 is 0. The summed E-state index contributed by atoms with van der Waals surface area (Å²) in [5, 5.41) is 7.35. The molecule has 0 saturated heterocycles. The van der Waals surface area contributed by atoms with Gasteiger partial charge in [0.1, 0.15) is 0 Å². The van der Waals surface area contributed by atoms with Crippen molar-refractivity contribution < 1.29 is 23.1 Å². The van der Waals surface area contributed by atoms with E-state index >= 15 is 0 Å². The van der Waals surface area contributed by atoms with Crippen LogP contribution in [-0.4, -0.2) is 37.1 Å². The van der Waals surface area contributed by atoms with Crippen LogP contribution in [0.15, 0.2) is 59.5 Å². The Morgan fingerprint density at radius 2 is 1.54 bits per heavy atom. The van der Waals surface area contributed by atoms with Crippen molar-refractivity contribution in [3.63, 3.8) is 0 Å². The van der Waals surface area contributed by atoms with Gasteiger partial charge in [-0.1, -0.05) is 30.3 Å². The second-order valence-corrected chi connectivity index (χ2v) is 7.13. The van der Waals surface area contributed by atoms with E-state index in [0.29, 0.717) is 11.1 Å². The number of carboxylic acid groups (broad SMARTS) is 1. The lowest BCUT2D eigenvalue weighted by Crippen LogP contribution is -2.42. The predicted octanol–water partition coefficient (Wildman–Crippen LogP) is 0.608. The molecule has 0 aliphatic rings. The lowest BCUT2D eigenvalue weighted by molar-refractivity contribution is -0.136. The molecular weight excluding hydrogens is 332 g/mol. The van der Waals surface area contributed by atoms with Crippen molar-refractivity contribution in [2.45, 2.75) is 10.1 Å². The Balaban J connectivity index is 2.32. The molecule has 0 amide bonds. The summed E-state index contributed by atoms with van der Waals surface area (Å²) < 4.78 is 24.7. The largest absolute Gasteiger partial charge is 0.480 e. The number of ketones is 1.